The maximum Gasteiger partial charge on any atom is 0.191 e. The van der Waals surface area contributed by atoms with Crippen molar-refractivity contribution < 1.29 is 0 Å². The maximum atomic E-state index is 6.06. The van der Waals surface area contributed by atoms with Crippen molar-refractivity contribution in [3.05, 3.63) is 21.9 Å². The second kappa shape index (κ2) is 9.98. The van der Waals surface area contributed by atoms with Crippen LogP contribution in [0.25, 0.3) is 0 Å². The van der Waals surface area contributed by atoms with E-state index in [9.17, 15) is 0 Å². The normalized spacial score (nSPS) is 12.0. The Labute approximate surface area is 143 Å². The molecule has 0 saturated carbocycles. The highest BCUT2D eigenvalue weighted by atomic mass is 35.5. The molecule has 5 nitrogen and oxygen atoms in total. The van der Waals surface area contributed by atoms with Gasteiger partial charge in [-0.25, -0.2) is 0 Å². The van der Waals surface area contributed by atoms with Gasteiger partial charge in [0, 0.05) is 32.9 Å². The molecule has 0 radical (unpaired) electrons. The van der Waals surface area contributed by atoms with Crippen LogP contribution in [0.4, 0.5) is 0 Å². The van der Waals surface area contributed by atoms with Crippen LogP contribution in [0.15, 0.2) is 11.1 Å². The zero-order chi connectivity index (χ0) is 16.5. The Hall–Kier alpha value is -0.910. The zero-order valence-corrected chi connectivity index (χ0v) is 15.4. The quantitative estimate of drug-likeness (QED) is 0.561. The van der Waals surface area contributed by atoms with Gasteiger partial charge in [0.15, 0.2) is 5.96 Å². The summed E-state index contributed by atoms with van der Waals surface area (Å²) in [5.41, 5.74) is 1.01. The lowest BCUT2D eigenvalue weighted by atomic mass is 10.3. The summed E-state index contributed by atoms with van der Waals surface area (Å²) in [7, 11) is 5.80. The molecule has 0 fully saturated rings. The minimum Gasteiger partial charge on any atom is -0.355 e. The molecule has 0 aliphatic rings. The van der Waals surface area contributed by atoms with E-state index in [0.717, 1.165) is 31.3 Å². The van der Waals surface area contributed by atoms with E-state index in [1.165, 1.54) is 12.8 Å². The summed E-state index contributed by atoms with van der Waals surface area (Å²) >= 11 is 12.1. The van der Waals surface area contributed by atoms with E-state index in [1.807, 2.05) is 17.7 Å². The van der Waals surface area contributed by atoms with E-state index in [1.54, 1.807) is 7.05 Å². The lowest BCUT2D eigenvalue weighted by Crippen LogP contribution is -2.40. The molecule has 1 rings (SSSR count). The molecule has 7 heteroatoms. The summed E-state index contributed by atoms with van der Waals surface area (Å²) in [4.78, 5) is 6.54. The standard InChI is InChI=1S/C15H27Cl2N5/c1-5-6-8-21(3)9-7-19-15(18-2)20-11-12-10-13(16)14(17)22(12)4/h10H,5-9,11H2,1-4H3,(H2,18,19,20). The third-order valence-corrected chi connectivity index (χ3v) is 4.40. The third-order valence-electron chi connectivity index (χ3n) is 3.56. The highest BCUT2D eigenvalue weighted by molar-refractivity contribution is 6.41. The fourth-order valence-corrected chi connectivity index (χ4v) is 2.47. The number of guanidine groups is 1. The second-order valence-corrected chi connectivity index (χ2v) is 6.11. The lowest BCUT2D eigenvalue weighted by molar-refractivity contribution is 0.332. The van der Waals surface area contributed by atoms with E-state index in [2.05, 4.69) is 34.5 Å². The summed E-state index contributed by atoms with van der Waals surface area (Å²) in [5.74, 6) is 0.775. The SMILES string of the molecule is CCCCN(C)CCNC(=NC)NCc1cc(Cl)c(Cl)n1C. The van der Waals surface area contributed by atoms with E-state index in [0.29, 0.717) is 16.7 Å². The molecule has 1 heterocycles. The number of nitrogens with one attached hydrogen (secondary N) is 2. The number of likely N-dealkylation sites (N-methyl/N-ethyl adjacent to an activating group) is 1. The van der Waals surface area contributed by atoms with Crippen LogP contribution in [0.3, 0.4) is 0 Å². The summed E-state index contributed by atoms with van der Waals surface area (Å²) in [6, 6.07) is 1.86. The lowest BCUT2D eigenvalue weighted by Gasteiger charge is -2.18. The third kappa shape index (κ3) is 6.07. The molecule has 0 bridgehead atoms. The number of aromatic nitrogens is 1. The van der Waals surface area contributed by atoms with Crippen LogP contribution in [0.5, 0.6) is 0 Å². The molecular formula is C15H27Cl2N5. The number of unbranched alkanes of at least 4 members (excludes halogenated alkanes) is 1. The van der Waals surface area contributed by atoms with Crippen LogP contribution in [-0.2, 0) is 13.6 Å². The summed E-state index contributed by atoms with van der Waals surface area (Å²) in [6.45, 7) is 5.80. The van der Waals surface area contributed by atoms with Gasteiger partial charge in [-0.05, 0) is 26.1 Å². The Kier molecular flexibility index (Phi) is 8.68. The molecule has 0 atom stereocenters. The minimum atomic E-state index is 0.555. The number of hydrogen-bond acceptors (Lipinski definition) is 2. The zero-order valence-electron chi connectivity index (χ0n) is 13.9. The monoisotopic (exact) mass is 347 g/mol. The Bertz CT molecular complexity index is 485. The van der Waals surface area contributed by atoms with Crippen LogP contribution in [-0.4, -0.2) is 49.2 Å². The van der Waals surface area contributed by atoms with Crippen molar-refractivity contribution in [2.75, 3.05) is 33.7 Å². The number of halogens is 2. The van der Waals surface area contributed by atoms with Crippen molar-refractivity contribution in [3.8, 4) is 0 Å². The Morgan fingerprint density at radius 1 is 1.32 bits per heavy atom. The molecule has 0 saturated heterocycles. The van der Waals surface area contributed by atoms with Crippen molar-refractivity contribution in [1.82, 2.24) is 20.1 Å². The van der Waals surface area contributed by atoms with Crippen LogP contribution in [0, 0.1) is 0 Å². The van der Waals surface area contributed by atoms with Crippen LogP contribution in [0.2, 0.25) is 10.2 Å². The Balaban J connectivity index is 2.35. The predicted molar refractivity (Wildman–Crippen MR) is 96.0 cm³/mol. The first-order valence-corrected chi connectivity index (χ1v) is 8.37. The largest absolute Gasteiger partial charge is 0.355 e. The first-order valence-electron chi connectivity index (χ1n) is 7.62. The van der Waals surface area contributed by atoms with Gasteiger partial charge in [-0.2, -0.15) is 0 Å². The van der Waals surface area contributed by atoms with Gasteiger partial charge in [0.25, 0.3) is 0 Å². The fraction of sp³-hybridized carbons (Fsp3) is 0.667. The molecular weight excluding hydrogens is 321 g/mol. The van der Waals surface area contributed by atoms with Crippen LogP contribution >= 0.6 is 23.2 Å². The van der Waals surface area contributed by atoms with E-state index in [-0.39, 0.29) is 0 Å². The highest BCUT2D eigenvalue weighted by Gasteiger charge is 2.09. The second-order valence-electron chi connectivity index (χ2n) is 5.34. The van der Waals surface area contributed by atoms with Gasteiger partial charge in [-0.15, -0.1) is 0 Å². The molecule has 0 spiro atoms. The minimum absolute atomic E-state index is 0.555. The van der Waals surface area contributed by atoms with Crippen molar-refractivity contribution in [1.29, 1.82) is 0 Å². The molecule has 0 aliphatic heterocycles. The summed E-state index contributed by atoms with van der Waals surface area (Å²) < 4.78 is 1.86. The van der Waals surface area contributed by atoms with Gasteiger partial charge in [0.05, 0.1) is 11.6 Å². The topological polar surface area (TPSA) is 44.6 Å². The summed E-state index contributed by atoms with van der Waals surface area (Å²) in [6.07, 6.45) is 2.46. The number of nitrogens with zero attached hydrogens (tertiary/aromatic N) is 3. The maximum absolute atomic E-state index is 6.06. The number of hydrogen-bond donors (Lipinski definition) is 2. The average Bonchev–Trinajstić information content (AvgIpc) is 2.75. The van der Waals surface area contributed by atoms with Crippen molar-refractivity contribution >= 4 is 29.2 Å². The Morgan fingerprint density at radius 2 is 2.05 bits per heavy atom. The van der Waals surface area contributed by atoms with Crippen molar-refractivity contribution in [3.63, 3.8) is 0 Å². The molecule has 126 valence electrons. The molecule has 1 aromatic rings. The van der Waals surface area contributed by atoms with E-state index < -0.39 is 0 Å². The van der Waals surface area contributed by atoms with Crippen molar-refractivity contribution in [2.45, 2.75) is 26.3 Å². The molecule has 0 aromatic carbocycles. The van der Waals surface area contributed by atoms with Crippen molar-refractivity contribution in [2.24, 2.45) is 12.0 Å². The molecule has 0 amide bonds. The van der Waals surface area contributed by atoms with Crippen LogP contribution in [0.1, 0.15) is 25.5 Å². The molecule has 22 heavy (non-hydrogen) atoms. The first kappa shape index (κ1) is 19.1. The summed E-state index contributed by atoms with van der Waals surface area (Å²) in [5, 5.41) is 7.70. The van der Waals surface area contributed by atoms with Gasteiger partial charge >= 0.3 is 0 Å². The fourth-order valence-electron chi connectivity index (χ4n) is 2.06. The average molecular weight is 348 g/mol. The molecule has 1 aromatic heterocycles. The Morgan fingerprint density at radius 3 is 2.59 bits per heavy atom. The first-order chi connectivity index (χ1) is 10.5. The molecule has 0 aliphatic carbocycles. The molecule has 2 N–H and O–H groups in total. The van der Waals surface area contributed by atoms with Gasteiger partial charge in [0.2, 0.25) is 0 Å². The molecule has 0 unspecified atom stereocenters. The van der Waals surface area contributed by atoms with Crippen LogP contribution < -0.4 is 10.6 Å². The van der Waals surface area contributed by atoms with Gasteiger partial charge < -0.3 is 20.1 Å². The number of aliphatic imine (C=N–C) groups is 1. The van der Waals surface area contributed by atoms with Gasteiger partial charge in [-0.3, -0.25) is 4.99 Å². The van der Waals surface area contributed by atoms with E-state index >= 15 is 0 Å². The van der Waals surface area contributed by atoms with Gasteiger partial charge in [-0.1, -0.05) is 36.5 Å². The number of rotatable bonds is 8. The van der Waals surface area contributed by atoms with Gasteiger partial charge in [0.1, 0.15) is 5.15 Å². The predicted octanol–water partition coefficient (Wildman–Crippen LogP) is 2.73. The highest BCUT2D eigenvalue weighted by Crippen LogP contribution is 2.24. The smallest absolute Gasteiger partial charge is 0.191 e. The van der Waals surface area contributed by atoms with E-state index in [4.69, 9.17) is 23.2 Å².